The Labute approximate surface area is 136 Å². The van der Waals surface area contributed by atoms with Crippen LogP contribution in [0.3, 0.4) is 0 Å². The van der Waals surface area contributed by atoms with Crippen molar-refractivity contribution in [3.05, 3.63) is 27.7 Å². The molecule has 0 bridgehead atoms. The highest BCUT2D eigenvalue weighted by Gasteiger charge is 2.32. The fourth-order valence-corrected chi connectivity index (χ4v) is 4.67. The van der Waals surface area contributed by atoms with E-state index in [0.717, 1.165) is 19.3 Å². The van der Waals surface area contributed by atoms with Crippen LogP contribution in [-0.2, 0) is 16.6 Å². The van der Waals surface area contributed by atoms with E-state index in [1.165, 1.54) is 16.4 Å². The summed E-state index contributed by atoms with van der Waals surface area (Å²) in [5.74, 6) is 0.478. The Bertz CT molecular complexity index is 616. The van der Waals surface area contributed by atoms with Crippen molar-refractivity contribution in [2.45, 2.75) is 37.6 Å². The minimum absolute atomic E-state index is 0.100. The Morgan fingerprint density at radius 1 is 1.29 bits per heavy atom. The van der Waals surface area contributed by atoms with E-state index in [9.17, 15) is 8.42 Å². The summed E-state index contributed by atoms with van der Waals surface area (Å²) in [6, 6.07) is 2.95. The second-order valence-corrected chi connectivity index (χ2v) is 8.11. The van der Waals surface area contributed by atoms with Crippen molar-refractivity contribution in [3.8, 4) is 0 Å². The molecule has 1 fully saturated rings. The zero-order valence-corrected chi connectivity index (χ0v) is 14.3. The number of hydrogen-bond acceptors (Lipinski definition) is 3. The number of nitrogens with zero attached hydrogens (tertiary/aromatic N) is 1. The van der Waals surface area contributed by atoms with Crippen LogP contribution in [0.15, 0.2) is 17.0 Å². The van der Waals surface area contributed by atoms with E-state index in [0.29, 0.717) is 29.6 Å². The number of benzene rings is 1. The minimum atomic E-state index is -3.61. The minimum Gasteiger partial charge on any atom is -0.326 e. The fourth-order valence-electron chi connectivity index (χ4n) is 2.21. The maximum atomic E-state index is 12.8. The van der Waals surface area contributed by atoms with E-state index >= 15 is 0 Å². The Balaban J connectivity index is 2.40. The van der Waals surface area contributed by atoms with Gasteiger partial charge in [0.25, 0.3) is 0 Å². The Kier molecular flexibility index (Phi) is 5.54. The lowest BCUT2D eigenvalue weighted by molar-refractivity contribution is 0.395. The lowest BCUT2D eigenvalue weighted by Gasteiger charge is -2.22. The molecule has 0 saturated heterocycles. The number of halogens is 2. The first-order chi connectivity index (χ1) is 9.90. The van der Waals surface area contributed by atoms with E-state index in [2.05, 4.69) is 0 Å². The first-order valence-electron chi connectivity index (χ1n) is 7.08. The van der Waals surface area contributed by atoms with Gasteiger partial charge in [-0.3, -0.25) is 0 Å². The molecule has 1 aliphatic rings. The van der Waals surface area contributed by atoms with Crippen LogP contribution >= 0.6 is 23.2 Å². The van der Waals surface area contributed by atoms with Crippen LogP contribution in [0.2, 0.25) is 10.0 Å². The van der Waals surface area contributed by atoms with Crippen molar-refractivity contribution in [2.75, 3.05) is 13.1 Å². The van der Waals surface area contributed by atoms with Crippen molar-refractivity contribution in [2.24, 2.45) is 11.7 Å². The number of sulfonamides is 1. The molecule has 2 rings (SSSR count). The molecule has 0 unspecified atom stereocenters. The van der Waals surface area contributed by atoms with Gasteiger partial charge < -0.3 is 5.73 Å². The lowest BCUT2D eigenvalue weighted by atomic mass is 10.2. The third kappa shape index (κ3) is 3.90. The van der Waals surface area contributed by atoms with E-state index in [4.69, 9.17) is 28.9 Å². The summed E-state index contributed by atoms with van der Waals surface area (Å²) in [5.41, 5.74) is 6.19. The molecule has 118 valence electrons. The SMILES string of the molecule is CCCN(CC1CC1)S(=O)(=O)c1cc(CN)c(Cl)cc1Cl. The molecule has 7 heteroatoms. The van der Waals surface area contributed by atoms with E-state index < -0.39 is 10.0 Å². The third-order valence-electron chi connectivity index (χ3n) is 3.57. The molecular weight excluding hydrogens is 331 g/mol. The summed E-state index contributed by atoms with van der Waals surface area (Å²) in [6.07, 6.45) is 2.96. The zero-order valence-electron chi connectivity index (χ0n) is 12.0. The highest BCUT2D eigenvalue weighted by Crippen LogP contribution is 2.34. The van der Waals surface area contributed by atoms with E-state index in [1.807, 2.05) is 6.92 Å². The van der Waals surface area contributed by atoms with Crippen molar-refractivity contribution in [1.29, 1.82) is 0 Å². The maximum Gasteiger partial charge on any atom is 0.244 e. The number of nitrogens with two attached hydrogens (primary N) is 1. The van der Waals surface area contributed by atoms with Gasteiger partial charge in [0.1, 0.15) is 4.90 Å². The molecule has 0 amide bonds. The topological polar surface area (TPSA) is 63.4 Å². The lowest BCUT2D eigenvalue weighted by Crippen LogP contribution is -2.34. The molecular formula is C14H20Cl2N2O2S. The molecule has 1 aromatic carbocycles. The summed E-state index contributed by atoms with van der Waals surface area (Å²) in [7, 11) is -3.61. The molecule has 0 aliphatic heterocycles. The molecule has 4 nitrogen and oxygen atoms in total. The van der Waals surface area contributed by atoms with Gasteiger partial charge >= 0.3 is 0 Å². The molecule has 1 saturated carbocycles. The first kappa shape index (κ1) is 17.0. The normalized spacial score (nSPS) is 15.7. The Hall–Kier alpha value is -0.330. The van der Waals surface area contributed by atoms with Crippen LogP contribution in [0.4, 0.5) is 0 Å². The largest absolute Gasteiger partial charge is 0.326 e. The summed E-state index contributed by atoms with van der Waals surface area (Å²) in [4.78, 5) is 0.100. The van der Waals surface area contributed by atoms with Crippen molar-refractivity contribution in [3.63, 3.8) is 0 Å². The molecule has 0 spiro atoms. The van der Waals surface area contributed by atoms with Crippen molar-refractivity contribution >= 4 is 33.2 Å². The molecule has 0 aromatic heterocycles. The highest BCUT2D eigenvalue weighted by atomic mass is 35.5. The van der Waals surface area contributed by atoms with Crippen LogP contribution in [0, 0.1) is 5.92 Å². The average molecular weight is 351 g/mol. The quantitative estimate of drug-likeness (QED) is 0.820. The molecule has 1 aliphatic carbocycles. The monoisotopic (exact) mass is 350 g/mol. The van der Waals surface area contributed by atoms with Gasteiger partial charge in [-0.1, -0.05) is 30.1 Å². The predicted octanol–water partition coefficient (Wildman–Crippen LogP) is 3.26. The van der Waals surface area contributed by atoms with Gasteiger partial charge in [0.2, 0.25) is 10.0 Å². The fraction of sp³-hybridized carbons (Fsp3) is 0.571. The molecule has 1 aromatic rings. The Morgan fingerprint density at radius 3 is 2.48 bits per heavy atom. The zero-order chi connectivity index (χ0) is 15.6. The number of hydrogen-bond donors (Lipinski definition) is 1. The summed E-state index contributed by atoms with van der Waals surface area (Å²) >= 11 is 12.1. The summed E-state index contributed by atoms with van der Waals surface area (Å²) < 4.78 is 27.2. The van der Waals surface area contributed by atoms with Gasteiger partial charge in [-0.25, -0.2) is 8.42 Å². The second kappa shape index (κ2) is 6.84. The smallest absolute Gasteiger partial charge is 0.244 e. The van der Waals surface area contributed by atoms with E-state index in [1.54, 1.807) is 0 Å². The van der Waals surface area contributed by atoms with Crippen molar-refractivity contribution in [1.82, 2.24) is 4.31 Å². The maximum absolute atomic E-state index is 12.8. The van der Waals surface area contributed by atoms with Gasteiger partial charge in [-0.05, 0) is 42.9 Å². The molecule has 0 radical (unpaired) electrons. The summed E-state index contributed by atoms with van der Waals surface area (Å²) in [6.45, 7) is 3.20. The van der Waals surface area contributed by atoms with Crippen LogP contribution < -0.4 is 5.73 Å². The van der Waals surface area contributed by atoms with Crippen LogP contribution in [0.25, 0.3) is 0 Å². The van der Waals surface area contributed by atoms with Crippen LogP contribution in [-0.4, -0.2) is 25.8 Å². The first-order valence-corrected chi connectivity index (χ1v) is 9.27. The van der Waals surface area contributed by atoms with Gasteiger partial charge in [0.05, 0.1) is 5.02 Å². The molecule has 21 heavy (non-hydrogen) atoms. The van der Waals surface area contributed by atoms with Gasteiger partial charge in [0, 0.05) is 24.7 Å². The van der Waals surface area contributed by atoms with Crippen molar-refractivity contribution < 1.29 is 8.42 Å². The van der Waals surface area contributed by atoms with E-state index in [-0.39, 0.29) is 16.5 Å². The predicted molar refractivity (Wildman–Crippen MR) is 86.1 cm³/mol. The van der Waals surface area contributed by atoms with Crippen LogP contribution in [0.5, 0.6) is 0 Å². The average Bonchev–Trinajstić information content (AvgIpc) is 3.22. The number of rotatable bonds is 7. The molecule has 2 N–H and O–H groups in total. The highest BCUT2D eigenvalue weighted by molar-refractivity contribution is 7.89. The van der Waals surface area contributed by atoms with Crippen LogP contribution in [0.1, 0.15) is 31.7 Å². The van der Waals surface area contributed by atoms with Gasteiger partial charge in [0.15, 0.2) is 0 Å². The second-order valence-electron chi connectivity index (χ2n) is 5.38. The standard InChI is InChI=1S/C14H20Cl2N2O2S/c1-2-5-18(9-10-3-4-10)21(19,20)14-6-11(8-17)12(15)7-13(14)16/h6-7,10H,2-5,8-9,17H2,1H3. The Morgan fingerprint density at radius 2 is 1.95 bits per heavy atom. The molecule has 0 atom stereocenters. The summed E-state index contributed by atoms with van der Waals surface area (Å²) in [5, 5.41) is 0.541. The third-order valence-corrected chi connectivity index (χ3v) is 6.25. The van der Waals surface area contributed by atoms with Gasteiger partial charge in [-0.2, -0.15) is 4.31 Å². The van der Waals surface area contributed by atoms with Gasteiger partial charge in [-0.15, -0.1) is 0 Å². The molecule has 0 heterocycles.